The first-order valence-electron chi connectivity index (χ1n) is 7.23. The number of aryl methyl sites for hydroxylation is 1. The van der Waals surface area contributed by atoms with Crippen LogP contribution in [0.2, 0.25) is 0 Å². The monoisotopic (exact) mass is 313 g/mol. The summed E-state index contributed by atoms with van der Waals surface area (Å²) >= 11 is 1.47. The lowest BCUT2D eigenvalue weighted by atomic mass is 10.0. The summed E-state index contributed by atoms with van der Waals surface area (Å²) < 4.78 is 6.72. The molecule has 1 aliphatic rings. The Morgan fingerprint density at radius 1 is 1.36 bits per heavy atom. The van der Waals surface area contributed by atoms with Gasteiger partial charge in [0.2, 0.25) is 0 Å². The van der Waals surface area contributed by atoms with E-state index < -0.39 is 0 Å². The van der Waals surface area contributed by atoms with Crippen molar-refractivity contribution in [1.82, 2.24) is 9.97 Å². The fourth-order valence-corrected chi connectivity index (χ4v) is 4.15. The normalized spacial score (nSPS) is 13.9. The van der Waals surface area contributed by atoms with Crippen molar-refractivity contribution in [3.8, 4) is 16.2 Å². The molecule has 22 heavy (non-hydrogen) atoms. The van der Waals surface area contributed by atoms with Crippen LogP contribution in [0.25, 0.3) is 20.5 Å². The van der Waals surface area contributed by atoms with Gasteiger partial charge in [-0.15, -0.1) is 11.3 Å². The lowest BCUT2D eigenvalue weighted by Gasteiger charge is -2.07. The zero-order chi connectivity index (χ0) is 15.1. The van der Waals surface area contributed by atoms with Crippen LogP contribution in [-0.2, 0) is 13.0 Å². The molecule has 6 heteroatoms. The first-order chi connectivity index (χ1) is 10.8. The maximum Gasteiger partial charge on any atom is 0.266 e. The second-order valence-electron chi connectivity index (χ2n) is 5.27. The van der Waals surface area contributed by atoms with E-state index in [1.54, 1.807) is 12.4 Å². The zero-order valence-corrected chi connectivity index (χ0v) is 12.7. The van der Waals surface area contributed by atoms with Gasteiger partial charge in [-0.1, -0.05) is 0 Å². The quantitative estimate of drug-likeness (QED) is 0.761. The molecular formula is C16H15N3O2S. The molecule has 0 spiro atoms. The summed E-state index contributed by atoms with van der Waals surface area (Å²) in [6.45, 7) is 0.983. The number of aromatic nitrogens is 2. The molecule has 5 nitrogen and oxygen atoms in total. The second kappa shape index (κ2) is 5.23. The fraction of sp³-hybridized carbons (Fsp3) is 0.250. The first-order valence-corrected chi connectivity index (χ1v) is 8.05. The van der Waals surface area contributed by atoms with Gasteiger partial charge in [-0.2, -0.15) is 0 Å². The summed E-state index contributed by atoms with van der Waals surface area (Å²) in [5, 5.41) is 0.943. The number of pyridine rings is 2. The van der Waals surface area contributed by atoms with E-state index in [1.165, 1.54) is 11.3 Å². The van der Waals surface area contributed by atoms with Crippen molar-refractivity contribution >= 4 is 21.4 Å². The average Bonchev–Trinajstić information content (AvgIpc) is 2.80. The predicted molar refractivity (Wildman–Crippen MR) is 87.4 cm³/mol. The molecule has 0 radical (unpaired) electrons. The van der Waals surface area contributed by atoms with Crippen LogP contribution in [-0.4, -0.2) is 16.6 Å². The predicted octanol–water partition coefficient (Wildman–Crippen LogP) is 2.44. The van der Waals surface area contributed by atoms with Crippen LogP contribution < -0.4 is 16.0 Å². The number of hydrogen-bond donors (Lipinski definition) is 2. The molecule has 3 N–H and O–H groups in total. The van der Waals surface area contributed by atoms with Gasteiger partial charge in [-0.3, -0.25) is 9.78 Å². The minimum absolute atomic E-state index is 0.0868. The van der Waals surface area contributed by atoms with E-state index in [1.807, 2.05) is 12.1 Å². The molecule has 4 rings (SSSR count). The Morgan fingerprint density at radius 2 is 2.18 bits per heavy atom. The van der Waals surface area contributed by atoms with Gasteiger partial charge >= 0.3 is 0 Å². The number of hydrogen-bond acceptors (Lipinski definition) is 5. The maximum absolute atomic E-state index is 12.4. The van der Waals surface area contributed by atoms with Crippen molar-refractivity contribution in [3.63, 3.8) is 0 Å². The van der Waals surface area contributed by atoms with Crippen LogP contribution in [0.5, 0.6) is 5.75 Å². The lowest BCUT2D eigenvalue weighted by molar-refractivity contribution is 0.321. The van der Waals surface area contributed by atoms with E-state index in [9.17, 15) is 4.79 Å². The summed E-state index contributed by atoms with van der Waals surface area (Å²) in [6, 6.07) is 3.88. The van der Waals surface area contributed by atoms with E-state index in [0.29, 0.717) is 13.2 Å². The van der Waals surface area contributed by atoms with E-state index >= 15 is 0 Å². The SMILES string of the molecule is NCc1[nH]c(=O)c2sc(-c3ccncc3)c3c2c1CCCO3. The highest BCUT2D eigenvalue weighted by Gasteiger charge is 2.24. The van der Waals surface area contributed by atoms with Gasteiger partial charge in [0.1, 0.15) is 10.4 Å². The molecule has 3 aromatic heterocycles. The van der Waals surface area contributed by atoms with Crippen LogP contribution in [0.1, 0.15) is 17.7 Å². The summed E-state index contributed by atoms with van der Waals surface area (Å²) in [6.07, 6.45) is 5.29. The zero-order valence-electron chi connectivity index (χ0n) is 11.9. The first kappa shape index (κ1) is 13.5. The van der Waals surface area contributed by atoms with Crippen LogP contribution in [0, 0.1) is 0 Å². The van der Waals surface area contributed by atoms with Crippen LogP contribution in [0.4, 0.5) is 0 Å². The number of H-pyrrole nitrogens is 1. The number of ether oxygens (including phenoxy) is 1. The maximum atomic E-state index is 12.4. The number of thiophene rings is 1. The Kier molecular flexibility index (Phi) is 3.20. The molecule has 4 heterocycles. The van der Waals surface area contributed by atoms with Gasteiger partial charge in [0.15, 0.2) is 0 Å². The van der Waals surface area contributed by atoms with Crippen molar-refractivity contribution in [3.05, 3.63) is 46.1 Å². The molecule has 0 aromatic carbocycles. The van der Waals surface area contributed by atoms with Crippen molar-refractivity contribution < 1.29 is 4.74 Å². The summed E-state index contributed by atoms with van der Waals surface area (Å²) in [5.41, 5.74) is 8.70. The molecule has 1 aliphatic heterocycles. The van der Waals surface area contributed by atoms with Gasteiger partial charge in [0, 0.05) is 30.0 Å². The molecule has 0 amide bonds. The standard InChI is InChI=1S/C16H15N3O2S/c17-8-11-10-2-1-7-21-13-12(10)15(16(20)19-11)22-14(13)9-3-5-18-6-4-9/h3-6H,1-2,7-8,17H2,(H,19,20). The molecule has 0 saturated heterocycles. The van der Waals surface area contributed by atoms with E-state index in [0.717, 1.165) is 50.4 Å². The third-order valence-electron chi connectivity index (χ3n) is 3.97. The molecule has 0 fully saturated rings. The Labute approximate surface area is 130 Å². The van der Waals surface area contributed by atoms with Crippen molar-refractivity contribution in [1.29, 1.82) is 0 Å². The Hall–Kier alpha value is -2.18. The second-order valence-corrected chi connectivity index (χ2v) is 6.29. The molecule has 112 valence electrons. The third kappa shape index (κ3) is 1.95. The Bertz CT molecular complexity index is 899. The number of rotatable bonds is 2. The van der Waals surface area contributed by atoms with Crippen molar-refractivity contribution in [2.75, 3.05) is 6.61 Å². The van der Waals surface area contributed by atoms with Crippen molar-refractivity contribution in [2.45, 2.75) is 19.4 Å². The van der Waals surface area contributed by atoms with E-state index in [-0.39, 0.29) is 5.56 Å². The number of aromatic amines is 1. The van der Waals surface area contributed by atoms with Gasteiger partial charge in [0.05, 0.1) is 11.5 Å². The number of nitrogens with one attached hydrogen (secondary N) is 1. The molecule has 0 unspecified atom stereocenters. The van der Waals surface area contributed by atoms with E-state index in [2.05, 4.69) is 9.97 Å². The highest BCUT2D eigenvalue weighted by atomic mass is 32.1. The summed E-state index contributed by atoms with van der Waals surface area (Å²) in [4.78, 5) is 20.4. The number of nitrogens with two attached hydrogens (primary N) is 1. The smallest absolute Gasteiger partial charge is 0.266 e. The number of nitrogens with zero attached hydrogens (tertiary/aromatic N) is 1. The molecule has 0 atom stereocenters. The Balaban J connectivity index is 2.11. The highest BCUT2D eigenvalue weighted by Crippen LogP contribution is 2.46. The summed E-state index contributed by atoms with van der Waals surface area (Å²) in [7, 11) is 0. The van der Waals surface area contributed by atoms with Crippen LogP contribution >= 0.6 is 11.3 Å². The minimum Gasteiger partial charge on any atom is -0.491 e. The van der Waals surface area contributed by atoms with E-state index in [4.69, 9.17) is 10.5 Å². The molecular weight excluding hydrogens is 298 g/mol. The highest BCUT2D eigenvalue weighted by molar-refractivity contribution is 7.22. The Morgan fingerprint density at radius 3 is 2.95 bits per heavy atom. The van der Waals surface area contributed by atoms with Crippen molar-refractivity contribution in [2.24, 2.45) is 5.73 Å². The van der Waals surface area contributed by atoms with Gasteiger partial charge in [0.25, 0.3) is 5.56 Å². The lowest BCUT2D eigenvalue weighted by Crippen LogP contribution is -2.14. The van der Waals surface area contributed by atoms with Gasteiger partial charge in [-0.05, 0) is 36.1 Å². The largest absolute Gasteiger partial charge is 0.491 e. The molecule has 0 bridgehead atoms. The molecule has 0 saturated carbocycles. The van der Waals surface area contributed by atoms with Gasteiger partial charge < -0.3 is 15.5 Å². The van der Waals surface area contributed by atoms with Gasteiger partial charge in [-0.25, -0.2) is 0 Å². The average molecular weight is 313 g/mol. The molecule has 3 aromatic rings. The minimum atomic E-state index is -0.0868. The molecule has 0 aliphatic carbocycles. The fourth-order valence-electron chi connectivity index (χ4n) is 2.97. The third-order valence-corrected chi connectivity index (χ3v) is 5.18. The van der Waals surface area contributed by atoms with Crippen LogP contribution in [0.15, 0.2) is 29.3 Å². The topological polar surface area (TPSA) is 81.0 Å². The summed E-state index contributed by atoms with van der Waals surface area (Å²) in [5.74, 6) is 0.819. The van der Waals surface area contributed by atoms with Crippen LogP contribution in [0.3, 0.4) is 0 Å².